The van der Waals surface area contributed by atoms with Crippen molar-refractivity contribution in [2.24, 2.45) is 0 Å². The van der Waals surface area contributed by atoms with Crippen LogP contribution < -0.4 is 10.2 Å². The largest absolute Gasteiger partial charge is 0.378 e. The first-order chi connectivity index (χ1) is 14.0. The normalized spacial score (nSPS) is 16.9. The number of urea groups is 1. The van der Waals surface area contributed by atoms with Gasteiger partial charge in [-0.3, -0.25) is 0 Å². The van der Waals surface area contributed by atoms with Crippen molar-refractivity contribution < 1.29 is 18.4 Å². The predicted octanol–water partition coefficient (Wildman–Crippen LogP) is 3.40. The molecule has 1 aliphatic carbocycles. The summed E-state index contributed by atoms with van der Waals surface area (Å²) in [6.07, 6.45) is 1.94. The first-order valence-electron chi connectivity index (χ1n) is 10.2. The van der Waals surface area contributed by atoms with Crippen LogP contribution in [0.25, 0.3) is 11.3 Å². The van der Waals surface area contributed by atoms with Crippen LogP contribution in [0.1, 0.15) is 32.3 Å². The third-order valence-electron chi connectivity index (χ3n) is 5.18. The van der Waals surface area contributed by atoms with Gasteiger partial charge in [-0.05, 0) is 38.8 Å². The molecule has 1 saturated heterocycles. The van der Waals surface area contributed by atoms with Gasteiger partial charge in [0.15, 0.2) is 0 Å². The molecule has 2 amide bonds. The molecule has 29 heavy (non-hydrogen) atoms. The SMILES string of the molecule is CC(C)NC(=O)N(Cc1c(-c2ccccc2F)noc1N1CCOCC1)C1CC1. The Hall–Kier alpha value is -2.61. The summed E-state index contributed by atoms with van der Waals surface area (Å²) in [5, 5.41) is 7.19. The van der Waals surface area contributed by atoms with Crippen molar-refractivity contribution in [1.29, 1.82) is 0 Å². The molecule has 2 aromatic rings. The van der Waals surface area contributed by atoms with Crippen molar-refractivity contribution in [3.05, 3.63) is 35.6 Å². The number of nitrogens with one attached hydrogen (secondary N) is 1. The molecule has 2 fully saturated rings. The number of carbonyl (C=O) groups is 1. The first kappa shape index (κ1) is 19.7. The third-order valence-corrected chi connectivity index (χ3v) is 5.18. The molecule has 0 unspecified atom stereocenters. The van der Waals surface area contributed by atoms with Gasteiger partial charge in [-0.1, -0.05) is 17.3 Å². The summed E-state index contributed by atoms with van der Waals surface area (Å²) in [5.74, 6) is 0.231. The quantitative estimate of drug-likeness (QED) is 0.802. The Morgan fingerprint density at radius 3 is 2.69 bits per heavy atom. The van der Waals surface area contributed by atoms with Gasteiger partial charge in [0.25, 0.3) is 0 Å². The molecule has 1 aliphatic heterocycles. The Morgan fingerprint density at radius 1 is 1.31 bits per heavy atom. The zero-order valence-corrected chi connectivity index (χ0v) is 16.9. The number of anilines is 1. The van der Waals surface area contributed by atoms with E-state index in [-0.39, 0.29) is 23.9 Å². The number of rotatable bonds is 6. The second kappa shape index (κ2) is 8.41. The van der Waals surface area contributed by atoms with E-state index in [1.807, 2.05) is 18.7 Å². The minimum Gasteiger partial charge on any atom is -0.378 e. The topological polar surface area (TPSA) is 70.8 Å². The Kier molecular flexibility index (Phi) is 5.71. The molecule has 0 spiro atoms. The molecule has 1 N–H and O–H groups in total. The molecule has 2 heterocycles. The molecule has 0 atom stereocenters. The summed E-state index contributed by atoms with van der Waals surface area (Å²) in [4.78, 5) is 16.7. The molecule has 1 aromatic carbocycles. The number of aromatic nitrogens is 1. The number of hydrogen-bond acceptors (Lipinski definition) is 5. The maximum Gasteiger partial charge on any atom is 0.318 e. The lowest BCUT2D eigenvalue weighted by Crippen LogP contribution is -2.44. The van der Waals surface area contributed by atoms with Gasteiger partial charge < -0.3 is 24.4 Å². The van der Waals surface area contributed by atoms with Crippen LogP contribution in [0.3, 0.4) is 0 Å². The molecule has 2 aliphatic rings. The lowest BCUT2D eigenvalue weighted by Gasteiger charge is -2.29. The summed E-state index contributed by atoms with van der Waals surface area (Å²) in [6, 6.07) is 6.63. The second-order valence-corrected chi connectivity index (χ2v) is 7.86. The lowest BCUT2D eigenvalue weighted by atomic mass is 10.1. The molecule has 1 aromatic heterocycles. The van der Waals surface area contributed by atoms with Crippen LogP contribution in [0.15, 0.2) is 28.8 Å². The number of amides is 2. The van der Waals surface area contributed by atoms with E-state index in [1.54, 1.807) is 18.2 Å². The highest BCUT2D eigenvalue weighted by Gasteiger charge is 2.36. The average Bonchev–Trinajstić information content (AvgIpc) is 3.46. The Bertz CT molecular complexity index is 859. The first-order valence-corrected chi connectivity index (χ1v) is 10.2. The molecule has 4 rings (SSSR count). The number of halogens is 1. The van der Waals surface area contributed by atoms with E-state index in [0.29, 0.717) is 50.0 Å². The van der Waals surface area contributed by atoms with Gasteiger partial charge in [0.05, 0.1) is 25.3 Å². The summed E-state index contributed by atoms with van der Waals surface area (Å²) in [5.41, 5.74) is 1.57. The lowest BCUT2D eigenvalue weighted by molar-refractivity contribution is 0.120. The van der Waals surface area contributed by atoms with Gasteiger partial charge in [-0.25, -0.2) is 9.18 Å². The van der Waals surface area contributed by atoms with Crippen LogP contribution in [0.5, 0.6) is 0 Å². The molecule has 156 valence electrons. The molecule has 7 nitrogen and oxygen atoms in total. The van der Waals surface area contributed by atoms with Crippen LogP contribution in [0.4, 0.5) is 15.1 Å². The van der Waals surface area contributed by atoms with Gasteiger partial charge in [0.1, 0.15) is 11.5 Å². The van der Waals surface area contributed by atoms with E-state index in [9.17, 15) is 9.18 Å². The third kappa shape index (κ3) is 4.37. The Morgan fingerprint density at radius 2 is 2.03 bits per heavy atom. The Balaban J connectivity index is 1.71. The maximum atomic E-state index is 14.5. The fourth-order valence-corrected chi connectivity index (χ4v) is 3.58. The van der Waals surface area contributed by atoms with Gasteiger partial charge in [-0.2, -0.15) is 0 Å². The molecule has 8 heteroatoms. The van der Waals surface area contributed by atoms with E-state index in [1.165, 1.54) is 6.07 Å². The monoisotopic (exact) mass is 402 g/mol. The molecule has 0 radical (unpaired) electrons. The van der Waals surface area contributed by atoms with Crippen molar-refractivity contribution in [2.45, 2.75) is 45.3 Å². The van der Waals surface area contributed by atoms with Crippen molar-refractivity contribution in [1.82, 2.24) is 15.4 Å². The van der Waals surface area contributed by atoms with Crippen molar-refractivity contribution in [3.8, 4) is 11.3 Å². The van der Waals surface area contributed by atoms with E-state index in [4.69, 9.17) is 9.26 Å². The van der Waals surface area contributed by atoms with E-state index < -0.39 is 0 Å². The van der Waals surface area contributed by atoms with Crippen LogP contribution in [0, 0.1) is 5.82 Å². The van der Waals surface area contributed by atoms with E-state index >= 15 is 0 Å². The molecule has 1 saturated carbocycles. The molecule has 0 bridgehead atoms. The van der Waals surface area contributed by atoms with Crippen LogP contribution in [0.2, 0.25) is 0 Å². The zero-order chi connectivity index (χ0) is 20.4. The molecular formula is C21H27FN4O3. The van der Waals surface area contributed by atoms with E-state index in [0.717, 1.165) is 18.4 Å². The van der Waals surface area contributed by atoms with Crippen molar-refractivity contribution in [3.63, 3.8) is 0 Å². The van der Waals surface area contributed by atoms with Crippen molar-refractivity contribution >= 4 is 11.9 Å². The standard InChI is InChI=1S/C21H27FN4O3/c1-14(2)23-21(27)26(15-7-8-15)13-17-19(16-5-3-4-6-18(16)22)24-29-20(17)25-9-11-28-12-10-25/h3-6,14-15H,7-13H2,1-2H3,(H,23,27). The summed E-state index contributed by atoms with van der Waals surface area (Å²) in [6.45, 7) is 6.72. The number of ether oxygens (including phenoxy) is 1. The minimum atomic E-state index is -0.361. The number of nitrogens with zero attached hydrogens (tertiary/aromatic N) is 3. The highest BCUT2D eigenvalue weighted by atomic mass is 19.1. The highest BCUT2D eigenvalue weighted by Crippen LogP contribution is 2.37. The number of morpholine rings is 1. The Labute approximate surface area is 169 Å². The van der Waals surface area contributed by atoms with Gasteiger partial charge in [0.2, 0.25) is 5.88 Å². The fraction of sp³-hybridized carbons (Fsp3) is 0.524. The number of benzene rings is 1. The number of carbonyl (C=O) groups excluding carboxylic acids is 1. The van der Waals surface area contributed by atoms with Crippen molar-refractivity contribution in [2.75, 3.05) is 31.2 Å². The summed E-state index contributed by atoms with van der Waals surface area (Å²) >= 11 is 0. The second-order valence-electron chi connectivity index (χ2n) is 7.86. The summed E-state index contributed by atoms with van der Waals surface area (Å²) < 4.78 is 25.7. The van der Waals surface area contributed by atoms with Crippen LogP contribution in [-0.2, 0) is 11.3 Å². The minimum absolute atomic E-state index is 0.0379. The predicted molar refractivity (Wildman–Crippen MR) is 107 cm³/mol. The summed E-state index contributed by atoms with van der Waals surface area (Å²) in [7, 11) is 0. The van der Waals surface area contributed by atoms with Gasteiger partial charge in [0, 0.05) is 30.7 Å². The average molecular weight is 402 g/mol. The smallest absolute Gasteiger partial charge is 0.318 e. The van der Waals surface area contributed by atoms with Gasteiger partial charge >= 0.3 is 6.03 Å². The van der Waals surface area contributed by atoms with E-state index in [2.05, 4.69) is 15.4 Å². The molecular weight excluding hydrogens is 375 g/mol. The number of hydrogen-bond donors (Lipinski definition) is 1. The zero-order valence-electron chi connectivity index (χ0n) is 16.9. The maximum absolute atomic E-state index is 14.5. The highest BCUT2D eigenvalue weighted by molar-refractivity contribution is 5.76. The fourth-order valence-electron chi connectivity index (χ4n) is 3.58. The van der Waals surface area contributed by atoms with Crippen LogP contribution in [-0.4, -0.2) is 54.5 Å². The van der Waals surface area contributed by atoms with Gasteiger partial charge in [-0.15, -0.1) is 0 Å². The van der Waals surface area contributed by atoms with Crippen LogP contribution >= 0.6 is 0 Å².